The van der Waals surface area contributed by atoms with Gasteiger partial charge in [-0.3, -0.25) is 9.69 Å². The molecule has 1 aromatic carbocycles. The molecule has 1 aromatic rings. The largest absolute Gasteiger partial charge is 0.325 e. The Hall–Kier alpha value is -2.08. The van der Waals surface area contributed by atoms with Gasteiger partial charge in [0.1, 0.15) is 0 Å². The Labute approximate surface area is 187 Å². The number of piperidine rings is 1. The van der Waals surface area contributed by atoms with Gasteiger partial charge in [0.2, 0.25) is 5.91 Å². The Morgan fingerprint density at radius 1 is 0.935 bits per heavy atom. The Balaban J connectivity index is 1.36. The lowest BCUT2D eigenvalue weighted by Gasteiger charge is -2.35. The molecule has 0 aromatic heterocycles. The Morgan fingerprint density at radius 2 is 1.65 bits per heavy atom. The molecule has 2 heterocycles. The number of urea groups is 1. The molecule has 3 fully saturated rings. The second-order valence-corrected chi connectivity index (χ2v) is 9.62. The molecule has 170 valence electrons. The second-order valence-electron chi connectivity index (χ2n) is 9.62. The van der Waals surface area contributed by atoms with Gasteiger partial charge in [0.05, 0.1) is 5.92 Å². The van der Waals surface area contributed by atoms with E-state index >= 15 is 0 Å². The summed E-state index contributed by atoms with van der Waals surface area (Å²) >= 11 is 0. The Bertz CT molecular complexity index is 756. The average Bonchev–Trinajstić information content (AvgIpc) is 3.35. The molecule has 1 N–H and O–H groups in total. The topological polar surface area (TPSA) is 55.9 Å². The van der Waals surface area contributed by atoms with Crippen molar-refractivity contribution in [2.24, 2.45) is 5.92 Å². The number of hydrogen-bond acceptors (Lipinski definition) is 3. The van der Waals surface area contributed by atoms with Crippen LogP contribution in [0.3, 0.4) is 0 Å². The number of carbonyl (C=O) groups is 2. The monoisotopic (exact) mass is 426 g/mol. The molecular formula is C25H38N4O2. The highest BCUT2D eigenvalue weighted by atomic mass is 16.2. The van der Waals surface area contributed by atoms with Crippen LogP contribution in [0.2, 0.25) is 0 Å². The fraction of sp³-hybridized carbons (Fsp3) is 0.680. The van der Waals surface area contributed by atoms with E-state index in [2.05, 4.69) is 29.4 Å². The highest BCUT2D eigenvalue weighted by Crippen LogP contribution is 2.26. The Morgan fingerprint density at radius 3 is 2.42 bits per heavy atom. The lowest BCUT2D eigenvalue weighted by atomic mass is 9.94. The van der Waals surface area contributed by atoms with Gasteiger partial charge in [-0.25, -0.2) is 4.79 Å². The fourth-order valence-corrected chi connectivity index (χ4v) is 5.41. The smallest absolute Gasteiger partial charge is 0.320 e. The number of carbonyl (C=O) groups excluding carboxylic acids is 2. The number of para-hydroxylation sites is 1. The minimum absolute atomic E-state index is 0.0479. The van der Waals surface area contributed by atoms with Crippen LogP contribution in [-0.2, 0) is 11.3 Å². The van der Waals surface area contributed by atoms with Crippen molar-refractivity contribution >= 4 is 17.6 Å². The van der Waals surface area contributed by atoms with E-state index in [4.69, 9.17) is 0 Å². The van der Waals surface area contributed by atoms with E-state index in [-0.39, 0.29) is 17.9 Å². The van der Waals surface area contributed by atoms with Crippen LogP contribution in [0.25, 0.3) is 0 Å². The first-order chi connectivity index (χ1) is 15.1. The van der Waals surface area contributed by atoms with E-state index in [1.807, 2.05) is 21.9 Å². The van der Waals surface area contributed by atoms with E-state index in [0.717, 1.165) is 57.5 Å². The number of anilines is 1. The summed E-state index contributed by atoms with van der Waals surface area (Å²) < 4.78 is 0. The molecule has 0 bridgehead atoms. The van der Waals surface area contributed by atoms with Gasteiger partial charge in [-0.05, 0) is 57.2 Å². The van der Waals surface area contributed by atoms with Gasteiger partial charge in [-0.2, -0.15) is 0 Å². The normalized spacial score (nSPS) is 22.7. The maximum atomic E-state index is 13.1. The minimum atomic E-state index is -0.135. The molecule has 1 aliphatic carbocycles. The van der Waals surface area contributed by atoms with Gasteiger partial charge in [0.15, 0.2) is 0 Å². The van der Waals surface area contributed by atoms with E-state index in [0.29, 0.717) is 12.6 Å². The molecule has 1 saturated carbocycles. The van der Waals surface area contributed by atoms with Gasteiger partial charge < -0.3 is 15.1 Å². The van der Waals surface area contributed by atoms with Crippen molar-refractivity contribution in [1.29, 1.82) is 0 Å². The molecule has 3 amide bonds. The van der Waals surface area contributed by atoms with Crippen LogP contribution in [0.15, 0.2) is 24.3 Å². The first kappa shape index (κ1) is 22.1. The molecular weight excluding hydrogens is 388 g/mol. The van der Waals surface area contributed by atoms with Gasteiger partial charge in [0.25, 0.3) is 0 Å². The highest BCUT2D eigenvalue weighted by molar-refractivity contribution is 5.93. The van der Waals surface area contributed by atoms with Gasteiger partial charge >= 0.3 is 6.03 Å². The van der Waals surface area contributed by atoms with Crippen LogP contribution in [-0.4, -0.2) is 65.9 Å². The molecule has 4 rings (SSSR count). The first-order valence-electron chi connectivity index (χ1n) is 12.2. The first-order valence-corrected chi connectivity index (χ1v) is 12.2. The number of nitrogens with zero attached hydrogens (tertiary/aromatic N) is 3. The quantitative estimate of drug-likeness (QED) is 0.763. The summed E-state index contributed by atoms with van der Waals surface area (Å²) in [6.07, 6.45) is 10.5. The van der Waals surface area contributed by atoms with Crippen LogP contribution in [0.4, 0.5) is 10.5 Å². The minimum Gasteiger partial charge on any atom is -0.325 e. The molecule has 6 heteroatoms. The van der Waals surface area contributed by atoms with E-state index in [9.17, 15) is 9.59 Å². The van der Waals surface area contributed by atoms with Crippen LogP contribution < -0.4 is 5.32 Å². The third-order valence-corrected chi connectivity index (χ3v) is 7.33. The van der Waals surface area contributed by atoms with Crippen LogP contribution in [0.1, 0.15) is 63.4 Å². The predicted octanol–water partition coefficient (Wildman–Crippen LogP) is 4.32. The zero-order chi connectivity index (χ0) is 21.6. The van der Waals surface area contributed by atoms with Crippen molar-refractivity contribution in [2.45, 2.75) is 70.4 Å². The fourth-order valence-electron chi connectivity index (χ4n) is 5.41. The van der Waals surface area contributed by atoms with Crippen LogP contribution >= 0.6 is 0 Å². The Kier molecular flexibility index (Phi) is 7.49. The zero-order valence-electron chi connectivity index (χ0n) is 19.0. The van der Waals surface area contributed by atoms with Crippen LogP contribution in [0, 0.1) is 5.92 Å². The molecule has 0 radical (unpaired) electrons. The molecule has 1 atom stereocenters. The van der Waals surface area contributed by atoms with Crippen molar-refractivity contribution < 1.29 is 9.59 Å². The average molecular weight is 427 g/mol. The van der Waals surface area contributed by atoms with E-state index < -0.39 is 0 Å². The van der Waals surface area contributed by atoms with Gasteiger partial charge in [0, 0.05) is 44.5 Å². The zero-order valence-corrected chi connectivity index (χ0v) is 19.0. The van der Waals surface area contributed by atoms with E-state index in [1.54, 1.807) is 0 Å². The molecule has 1 unspecified atom stereocenters. The van der Waals surface area contributed by atoms with Gasteiger partial charge in [-0.15, -0.1) is 0 Å². The third kappa shape index (κ3) is 5.59. The number of amides is 3. The van der Waals surface area contributed by atoms with Crippen molar-refractivity contribution in [2.75, 3.05) is 38.5 Å². The maximum absolute atomic E-state index is 13.1. The maximum Gasteiger partial charge on any atom is 0.320 e. The van der Waals surface area contributed by atoms with Crippen molar-refractivity contribution in [1.82, 2.24) is 14.7 Å². The molecule has 6 nitrogen and oxygen atoms in total. The summed E-state index contributed by atoms with van der Waals surface area (Å²) in [7, 11) is 2.21. The number of rotatable bonds is 5. The van der Waals surface area contributed by atoms with E-state index in [1.165, 1.54) is 37.7 Å². The standard InChI is InChI=1S/C25H38N4O2/c1-27(22-12-3-2-4-13-22)18-20-10-5-6-14-23(20)26-24(30)21-11-9-17-29(19-21)25(31)28-15-7-8-16-28/h5-6,10,14,21-22H,2-4,7-9,11-13,15-19H2,1H3,(H,26,30). The molecule has 3 aliphatic rings. The summed E-state index contributed by atoms with van der Waals surface area (Å²) in [6, 6.07) is 8.93. The summed E-state index contributed by atoms with van der Waals surface area (Å²) in [5.41, 5.74) is 2.09. The predicted molar refractivity (Wildman–Crippen MR) is 124 cm³/mol. The number of nitrogens with one attached hydrogen (secondary N) is 1. The molecule has 2 saturated heterocycles. The lowest BCUT2D eigenvalue weighted by molar-refractivity contribution is -0.121. The van der Waals surface area contributed by atoms with Crippen molar-refractivity contribution in [3.05, 3.63) is 29.8 Å². The number of benzene rings is 1. The summed E-state index contributed by atoms with van der Waals surface area (Å²) in [5, 5.41) is 3.20. The summed E-state index contributed by atoms with van der Waals surface area (Å²) in [5.74, 6) is -0.0869. The second kappa shape index (κ2) is 10.5. The number of hydrogen-bond donors (Lipinski definition) is 1. The summed E-state index contributed by atoms with van der Waals surface area (Å²) in [6.45, 7) is 3.86. The van der Waals surface area contributed by atoms with Crippen LogP contribution in [0.5, 0.6) is 0 Å². The van der Waals surface area contributed by atoms with Gasteiger partial charge in [-0.1, -0.05) is 37.5 Å². The SMILES string of the molecule is CN(Cc1ccccc1NC(=O)C1CCCN(C(=O)N2CCCC2)C1)C1CCCCC1. The highest BCUT2D eigenvalue weighted by Gasteiger charge is 2.31. The lowest BCUT2D eigenvalue weighted by Crippen LogP contribution is -2.48. The summed E-state index contributed by atoms with van der Waals surface area (Å²) in [4.78, 5) is 32.2. The number of likely N-dealkylation sites (tertiary alicyclic amines) is 2. The van der Waals surface area contributed by atoms with Crippen molar-refractivity contribution in [3.8, 4) is 0 Å². The third-order valence-electron chi connectivity index (χ3n) is 7.33. The molecule has 31 heavy (non-hydrogen) atoms. The molecule has 2 aliphatic heterocycles. The molecule has 0 spiro atoms. The van der Waals surface area contributed by atoms with Crippen molar-refractivity contribution in [3.63, 3.8) is 0 Å².